The van der Waals surface area contributed by atoms with Gasteiger partial charge in [0.15, 0.2) is 4.90 Å². The average molecular weight is 479 g/mol. The number of hydrogen-bond acceptors (Lipinski definition) is 7. The summed E-state index contributed by atoms with van der Waals surface area (Å²) in [5.74, 6) is -0.173. The van der Waals surface area contributed by atoms with Crippen LogP contribution in [-0.4, -0.2) is 23.4 Å². The summed E-state index contributed by atoms with van der Waals surface area (Å²) in [5.41, 5.74) is -0.813. The van der Waals surface area contributed by atoms with E-state index in [-0.39, 0.29) is 11.3 Å². The van der Waals surface area contributed by atoms with Gasteiger partial charge in [0.25, 0.3) is 11.4 Å². The van der Waals surface area contributed by atoms with Gasteiger partial charge in [0.2, 0.25) is 10.0 Å². The molecular weight excluding hydrogens is 462 g/mol. The number of nitro benzene ring substituents is 2. The lowest BCUT2D eigenvalue weighted by molar-refractivity contribution is -0.396. The van der Waals surface area contributed by atoms with Crippen molar-refractivity contribution in [2.75, 3.05) is 0 Å². The van der Waals surface area contributed by atoms with E-state index in [1.807, 2.05) is 0 Å². The molecule has 0 unspecified atom stereocenters. The van der Waals surface area contributed by atoms with Gasteiger partial charge in [-0.2, -0.15) is 4.72 Å². The van der Waals surface area contributed by atoms with Crippen LogP contribution in [0.5, 0.6) is 5.75 Å². The minimum Gasteiger partial charge on any atom is -0.508 e. The van der Waals surface area contributed by atoms with E-state index in [4.69, 9.17) is 0 Å². The Balaban J connectivity index is 1.91. The molecular formula is C23H17N3O7S. The molecule has 1 atom stereocenters. The van der Waals surface area contributed by atoms with Crippen molar-refractivity contribution >= 4 is 32.2 Å². The first-order chi connectivity index (χ1) is 16.2. The van der Waals surface area contributed by atoms with Crippen molar-refractivity contribution in [3.8, 4) is 5.75 Å². The van der Waals surface area contributed by atoms with Crippen molar-refractivity contribution in [1.29, 1.82) is 0 Å². The Morgan fingerprint density at radius 3 is 2.18 bits per heavy atom. The summed E-state index contributed by atoms with van der Waals surface area (Å²) in [6.45, 7) is 0. The zero-order valence-corrected chi connectivity index (χ0v) is 18.2. The Bertz CT molecular complexity index is 1520. The first-order valence-electron chi connectivity index (χ1n) is 9.90. The average Bonchev–Trinajstić information content (AvgIpc) is 2.83. The summed E-state index contributed by atoms with van der Waals surface area (Å²) < 4.78 is 29.2. The molecule has 0 aromatic heterocycles. The highest BCUT2D eigenvalue weighted by Crippen LogP contribution is 2.37. The molecule has 4 rings (SSSR count). The summed E-state index contributed by atoms with van der Waals surface area (Å²) in [6.07, 6.45) is 0. The molecule has 0 aliphatic rings. The molecule has 0 radical (unpaired) electrons. The van der Waals surface area contributed by atoms with Gasteiger partial charge in [-0.05, 0) is 28.5 Å². The molecule has 0 saturated carbocycles. The minimum absolute atomic E-state index is 0.173. The van der Waals surface area contributed by atoms with Crippen LogP contribution in [0, 0.1) is 20.2 Å². The van der Waals surface area contributed by atoms with Gasteiger partial charge >= 0.3 is 0 Å². The smallest absolute Gasteiger partial charge is 0.296 e. The van der Waals surface area contributed by atoms with Crippen LogP contribution in [0.25, 0.3) is 10.8 Å². The van der Waals surface area contributed by atoms with E-state index >= 15 is 0 Å². The van der Waals surface area contributed by atoms with E-state index in [1.54, 1.807) is 60.7 Å². The first kappa shape index (κ1) is 22.8. The number of non-ortho nitro benzene ring substituents is 1. The molecule has 34 heavy (non-hydrogen) atoms. The maximum atomic E-state index is 13.4. The lowest BCUT2D eigenvalue weighted by Crippen LogP contribution is -2.30. The second-order valence-electron chi connectivity index (χ2n) is 7.35. The number of sulfonamides is 1. The SMILES string of the molecule is O=[N+]([O-])c1ccc(S(=O)(=O)N[C@@H](c2ccccc2)c2c(O)ccc3ccccc23)c([N+](=O)[O-])c1. The predicted molar refractivity (Wildman–Crippen MR) is 124 cm³/mol. The molecule has 10 nitrogen and oxygen atoms in total. The fourth-order valence-electron chi connectivity index (χ4n) is 3.73. The number of nitrogens with zero attached hydrogens (tertiary/aromatic N) is 2. The number of nitro groups is 2. The van der Waals surface area contributed by atoms with Crippen molar-refractivity contribution in [3.63, 3.8) is 0 Å². The molecule has 0 amide bonds. The quantitative estimate of drug-likeness (QED) is 0.294. The Labute approximate surface area is 193 Å². The summed E-state index contributed by atoms with van der Waals surface area (Å²) in [4.78, 5) is 20.0. The second-order valence-corrected chi connectivity index (χ2v) is 9.03. The first-order valence-corrected chi connectivity index (χ1v) is 11.4. The Hall–Kier alpha value is -4.35. The van der Waals surface area contributed by atoms with Gasteiger partial charge in [-0.1, -0.05) is 60.7 Å². The number of hydrogen-bond donors (Lipinski definition) is 2. The van der Waals surface area contributed by atoms with Crippen LogP contribution in [0.2, 0.25) is 0 Å². The van der Waals surface area contributed by atoms with E-state index in [0.717, 1.165) is 17.5 Å². The molecule has 172 valence electrons. The number of nitrogens with one attached hydrogen (secondary N) is 1. The van der Waals surface area contributed by atoms with Crippen LogP contribution in [0.3, 0.4) is 0 Å². The van der Waals surface area contributed by atoms with Crippen molar-refractivity contribution < 1.29 is 23.4 Å². The van der Waals surface area contributed by atoms with Crippen LogP contribution >= 0.6 is 0 Å². The number of benzene rings is 4. The molecule has 0 saturated heterocycles. The fourth-order valence-corrected chi connectivity index (χ4v) is 5.08. The maximum absolute atomic E-state index is 13.4. The van der Waals surface area contributed by atoms with Crippen LogP contribution in [-0.2, 0) is 10.0 Å². The van der Waals surface area contributed by atoms with Gasteiger partial charge < -0.3 is 5.11 Å². The van der Waals surface area contributed by atoms with Gasteiger partial charge in [0.05, 0.1) is 22.0 Å². The van der Waals surface area contributed by atoms with Gasteiger partial charge in [-0.25, -0.2) is 8.42 Å². The molecule has 0 aliphatic carbocycles. The third kappa shape index (κ3) is 4.29. The standard InChI is InChI=1S/C23H17N3O7S/c27-20-12-10-15-6-4-5-9-18(15)22(20)23(16-7-2-1-3-8-16)24-34(32,33)21-13-11-17(25(28)29)14-19(21)26(30)31/h1-14,23-24,27H/t23-/m0/s1. The van der Waals surface area contributed by atoms with E-state index in [9.17, 15) is 33.8 Å². The van der Waals surface area contributed by atoms with E-state index in [0.29, 0.717) is 17.0 Å². The number of phenols is 1. The van der Waals surface area contributed by atoms with Crippen LogP contribution in [0.15, 0.2) is 89.8 Å². The van der Waals surface area contributed by atoms with E-state index in [1.165, 1.54) is 6.07 Å². The van der Waals surface area contributed by atoms with Crippen LogP contribution in [0.1, 0.15) is 17.2 Å². The third-order valence-electron chi connectivity index (χ3n) is 5.28. The molecule has 11 heteroatoms. The predicted octanol–water partition coefficient (Wildman–Crippen LogP) is 4.43. The highest BCUT2D eigenvalue weighted by molar-refractivity contribution is 7.89. The molecule has 0 aliphatic heterocycles. The van der Waals surface area contributed by atoms with Crippen molar-refractivity contribution in [1.82, 2.24) is 4.72 Å². The number of phenolic OH excluding ortho intramolecular Hbond substituents is 1. The summed E-state index contributed by atoms with van der Waals surface area (Å²) in [5, 5.41) is 34.6. The Morgan fingerprint density at radius 2 is 1.50 bits per heavy atom. The van der Waals surface area contributed by atoms with Crippen molar-refractivity contribution in [3.05, 3.63) is 116 Å². The van der Waals surface area contributed by atoms with E-state index in [2.05, 4.69) is 4.72 Å². The van der Waals surface area contributed by atoms with E-state index < -0.39 is 42.2 Å². The third-order valence-corrected chi connectivity index (χ3v) is 6.75. The molecule has 0 heterocycles. The molecule has 0 spiro atoms. The molecule has 4 aromatic carbocycles. The summed E-state index contributed by atoms with van der Waals surface area (Å²) >= 11 is 0. The highest BCUT2D eigenvalue weighted by atomic mass is 32.2. The van der Waals surface area contributed by atoms with Gasteiger partial charge in [-0.3, -0.25) is 20.2 Å². The monoisotopic (exact) mass is 479 g/mol. The van der Waals surface area contributed by atoms with Gasteiger partial charge in [0, 0.05) is 11.6 Å². The number of fused-ring (bicyclic) bond motifs is 1. The largest absolute Gasteiger partial charge is 0.508 e. The van der Waals surface area contributed by atoms with Crippen LogP contribution < -0.4 is 4.72 Å². The summed E-state index contributed by atoms with van der Waals surface area (Å²) in [7, 11) is -4.58. The zero-order valence-electron chi connectivity index (χ0n) is 17.4. The highest BCUT2D eigenvalue weighted by Gasteiger charge is 2.32. The lowest BCUT2D eigenvalue weighted by Gasteiger charge is -2.22. The van der Waals surface area contributed by atoms with Crippen LogP contribution in [0.4, 0.5) is 11.4 Å². The Morgan fingerprint density at radius 1 is 0.824 bits per heavy atom. The van der Waals surface area contributed by atoms with Crippen molar-refractivity contribution in [2.45, 2.75) is 10.9 Å². The number of rotatable bonds is 7. The molecule has 4 aromatic rings. The zero-order chi connectivity index (χ0) is 24.5. The molecule has 0 fully saturated rings. The lowest BCUT2D eigenvalue weighted by atomic mass is 9.93. The topological polar surface area (TPSA) is 153 Å². The normalized spacial score (nSPS) is 12.4. The summed E-state index contributed by atoms with van der Waals surface area (Å²) in [6, 6.07) is 19.8. The minimum atomic E-state index is -4.58. The molecule has 2 N–H and O–H groups in total. The maximum Gasteiger partial charge on any atom is 0.296 e. The van der Waals surface area contributed by atoms with Crippen molar-refractivity contribution in [2.24, 2.45) is 0 Å². The Kier molecular flexibility index (Phi) is 5.97. The fraction of sp³-hybridized carbons (Fsp3) is 0.0435. The molecule has 0 bridgehead atoms. The van der Waals surface area contributed by atoms with Gasteiger partial charge in [-0.15, -0.1) is 0 Å². The second kappa shape index (κ2) is 8.89. The number of aromatic hydroxyl groups is 1. The van der Waals surface area contributed by atoms with Gasteiger partial charge in [0.1, 0.15) is 5.75 Å².